The van der Waals surface area contributed by atoms with Gasteiger partial charge in [-0.3, -0.25) is 0 Å². The topological polar surface area (TPSA) is 29.5 Å². The largest absolute Gasteiger partial charge is 0.414 e. The normalized spacial score (nSPS) is 29.6. The van der Waals surface area contributed by atoms with Gasteiger partial charge in [0.2, 0.25) is 0 Å². The molecule has 0 bridgehead atoms. The maximum Gasteiger partial charge on any atom is 0.192 e. The van der Waals surface area contributed by atoms with Crippen LogP contribution in [-0.4, -0.2) is 25.6 Å². The number of hydrogen-bond acceptors (Lipinski definition) is 2. The Labute approximate surface area is 88.8 Å². The van der Waals surface area contributed by atoms with E-state index in [1.807, 2.05) is 0 Å². The molecule has 0 heterocycles. The van der Waals surface area contributed by atoms with Crippen LogP contribution in [0.3, 0.4) is 0 Å². The molecule has 0 aromatic rings. The highest BCUT2D eigenvalue weighted by atomic mass is 28.4. The molecule has 2 atom stereocenters. The zero-order valence-electron chi connectivity index (χ0n) is 10.1. The van der Waals surface area contributed by atoms with E-state index in [1.165, 1.54) is 0 Å². The summed E-state index contributed by atoms with van der Waals surface area (Å²) in [5, 5.41) is 9.71. The minimum absolute atomic E-state index is 0.121. The molecule has 1 rings (SSSR count). The van der Waals surface area contributed by atoms with E-state index in [2.05, 4.69) is 33.9 Å². The van der Waals surface area contributed by atoms with Crippen molar-refractivity contribution in [1.29, 1.82) is 0 Å². The van der Waals surface area contributed by atoms with Gasteiger partial charge in [0.15, 0.2) is 8.32 Å². The predicted molar refractivity (Wildman–Crippen MR) is 61.9 cm³/mol. The Hall–Kier alpha value is 0.137. The molecule has 14 heavy (non-hydrogen) atoms. The van der Waals surface area contributed by atoms with Crippen molar-refractivity contribution in [1.82, 2.24) is 0 Å². The van der Waals surface area contributed by atoms with Crippen LogP contribution in [0.2, 0.25) is 18.1 Å². The summed E-state index contributed by atoms with van der Waals surface area (Å²) in [5.41, 5.74) is 0. The molecule has 1 saturated carbocycles. The molecule has 0 aromatic heterocycles. The minimum Gasteiger partial charge on any atom is -0.414 e. The first-order valence-corrected chi connectivity index (χ1v) is 8.49. The molecule has 0 unspecified atom stereocenters. The van der Waals surface area contributed by atoms with Crippen LogP contribution in [0.4, 0.5) is 0 Å². The van der Waals surface area contributed by atoms with Gasteiger partial charge >= 0.3 is 0 Å². The lowest BCUT2D eigenvalue weighted by Gasteiger charge is -2.38. The summed E-state index contributed by atoms with van der Waals surface area (Å²) in [6.45, 7) is 11.3. The van der Waals surface area contributed by atoms with Crippen molar-refractivity contribution < 1.29 is 9.53 Å². The van der Waals surface area contributed by atoms with E-state index in [0.29, 0.717) is 6.10 Å². The first-order chi connectivity index (χ1) is 6.22. The Morgan fingerprint density at radius 1 is 1.21 bits per heavy atom. The fourth-order valence-corrected chi connectivity index (χ4v) is 3.02. The number of hydrogen-bond donors (Lipinski definition) is 1. The Bertz CT molecular complexity index is 196. The molecule has 1 aliphatic rings. The van der Waals surface area contributed by atoms with Gasteiger partial charge in [-0.2, -0.15) is 0 Å². The number of aliphatic hydroxyl groups excluding tert-OH is 1. The van der Waals surface area contributed by atoms with Crippen LogP contribution in [0, 0.1) is 0 Å². The van der Waals surface area contributed by atoms with E-state index in [1.54, 1.807) is 0 Å². The summed E-state index contributed by atoms with van der Waals surface area (Å²) in [6, 6.07) is 0. The van der Waals surface area contributed by atoms with Gasteiger partial charge in [0.25, 0.3) is 0 Å². The van der Waals surface area contributed by atoms with Crippen molar-refractivity contribution in [2.75, 3.05) is 0 Å². The molecular weight excluding hydrogens is 192 g/mol. The smallest absolute Gasteiger partial charge is 0.192 e. The summed E-state index contributed by atoms with van der Waals surface area (Å²) in [4.78, 5) is 0. The molecule has 2 nitrogen and oxygen atoms in total. The third-order valence-corrected chi connectivity index (χ3v) is 8.16. The van der Waals surface area contributed by atoms with Crippen molar-refractivity contribution in [2.24, 2.45) is 0 Å². The van der Waals surface area contributed by atoms with Gasteiger partial charge in [-0.15, -0.1) is 0 Å². The van der Waals surface area contributed by atoms with Gasteiger partial charge in [-0.05, 0) is 37.4 Å². The molecule has 1 fully saturated rings. The molecule has 84 valence electrons. The SMILES string of the molecule is CC(C)(C)[Si](C)(C)O[C@@H]1CC[C@@H](O)C1. The molecule has 1 aliphatic carbocycles. The molecule has 0 radical (unpaired) electrons. The van der Waals surface area contributed by atoms with Gasteiger partial charge in [0.1, 0.15) is 0 Å². The van der Waals surface area contributed by atoms with Crippen LogP contribution in [0.5, 0.6) is 0 Å². The van der Waals surface area contributed by atoms with Crippen LogP contribution < -0.4 is 0 Å². The van der Waals surface area contributed by atoms with Crippen LogP contribution in [-0.2, 0) is 4.43 Å². The first kappa shape index (κ1) is 12.2. The molecule has 3 heteroatoms. The Kier molecular flexibility index (Phi) is 3.44. The maximum atomic E-state index is 9.43. The Morgan fingerprint density at radius 2 is 1.79 bits per heavy atom. The molecular formula is C11H24O2Si. The fourth-order valence-electron chi connectivity index (χ4n) is 1.62. The number of rotatable bonds is 2. The van der Waals surface area contributed by atoms with E-state index in [9.17, 15) is 5.11 Å². The Morgan fingerprint density at radius 3 is 2.14 bits per heavy atom. The van der Waals surface area contributed by atoms with Gasteiger partial charge in [0, 0.05) is 6.10 Å². The quantitative estimate of drug-likeness (QED) is 0.719. The first-order valence-electron chi connectivity index (χ1n) is 5.58. The lowest BCUT2D eigenvalue weighted by atomic mass is 10.2. The van der Waals surface area contributed by atoms with E-state index >= 15 is 0 Å². The second-order valence-corrected chi connectivity index (χ2v) is 10.7. The molecule has 0 saturated heterocycles. The molecule has 0 spiro atoms. The lowest BCUT2D eigenvalue weighted by Crippen LogP contribution is -2.43. The highest BCUT2D eigenvalue weighted by molar-refractivity contribution is 6.74. The van der Waals surface area contributed by atoms with Crippen LogP contribution in [0.25, 0.3) is 0 Å². The third kappa shape index (κ3) is 2.81. The van der Waals surface area contributed by atoms with Gasteiger partial charge in [-0.1, -0.05) is 20.8 Å². The highest BCUT2D eigenvalue weighted by Crippen LogP contribution is 2.39. The third-order valence-electron chi connectivity index (χ3n) is 3.62. The minimum atomic E-state index is -1.61. The van der Waals surface area contributed by atoms with Crippen LogP contribution >= 0.6 is 0 Å². The monoisotopic (exact) mass is 216 g/mol. The lowest BCUT2D eigenvalue weighted by molar-refractivity contribution is 0.141. The van der Waals surface area contributed by atoms with E-state index in [4.69, 9.17) is 4.43 Å². The summed E-state index contributed by atoms with van der Waals surface area (Å²) in [7, 11) is -1.61. The average molecular weight is 216 g/mol. The van der Waals surface area contributed by atoms with E-state index < -0.39 is 8.32 Å². The number of aliphatic hydroxyl groups is 1. The van der Waals surface area contributed by atoms with Crippen molar-refractivity contribution >= 4 is 8.32 Å². The van der Waals surface area contributed by atoms with Crippen LogP contribution in [0.1, 0.15) is 40.0 Å². The predicted octanol–water partition coefficient (Wildman–Crippen LogP) is 2.92. The van der Waals surface area contributed by atoms with E-state index in [-0.39, 0.29) is 11.1 Å². The second kappa shape index (κ2) is 3.95. The second-order valence-electron chi connectivity index (χ2n) is 5.97. The molecule has 0 amide bonds. The van der Waals surface area contributed by atoms with Crippen molar-refractivity contribution in [3.05, 3.63) is 0 Å². The van der Waals surface area contributed by atoms with Gasteiger partial charge in [0.05, 0.1) is 6.10 Å². The zero-order chi connectivity index (χ0) is 11.0. The van der Waals surface area contributed by atoms with Crippen LogP contribution in [0.15, 0.2) is 0 Å². The van der Waals surface area contributed by atoms with Gasteiger partial charge in [-0.25, -0.2) is 0 Å². The molecule has 1 N–H and O–H groups in total. The Balaban J connectivity index is 2.51. The van der Waals surface area contributed by atoms with E-state index in [0.717, 1.165) is 19.3 Å². The summed E-state index contributed by atoms with van der Waals surface area (Å²) in [5.74, 6) is 0. The summed E-state index contributed by atoms with van der Waals surface area (Å²) >= 11 is 0. The van der Waals surface area contributed by atoms with Gasteiger partial charge < -0.3 is 9.53 Å². The fraction of sp³-hybridized carbons (Fsp3) is 1.00. The standard InChI is InChI=1S/C11H24O2Si/c1-11(2,3)14(4,5)13-10-7-6-9(12)8-10/h9-10,12H,6-8H2,1-5H3/t9-,10-/m1/s1. The zero-order valence-corrected chi connectivity index (χ0v) is 11.1. The van der Waals surface area contributed by atoms with Crippen molar-refractivity contribution in [3.63, 3.8) is 0 Å². The maximum absolute atomic E-state index is 9.43. The highest BCUT2D eigenvalue weighted by Gasteiger charge is 2.40. The average Bonchev–Trinajstić information content (AvgIpc) is 2.31. The summed E-state index contributed by atoms with van der Waals surface area (Å²) in [6.07, 6.45) is 2.98. The summed E-state index contributed by atoms with van der Waals surface area (Å²) < 4.78 is 6.21. The van der Waals surface area contributed by atoms with Crippen molar-refractivity contribution in [2.45, 2.75) is 70.4 Å². The van der Waals surface area contributed by atoms with Crippen molar-refractivity contribution in [3.8, 4) is 0 Å². The molecule has 0 aromatic carbocycles. The molecule has 0 aliphatic heterocycles.